The minimum absolute atomic E-state index is 0.126. The number of hydrogen-bond donors (Lipinski definition) is 1. The smallest absolute Gasteiger partial charge is 0.348 e. The summed E-state index contributed by atoms with van der Waals surface area (Å²) in [6.45, 7) is 0. The highest BCUT2D eigenvalue weighted by molar-refractivity contribution is 7.12. The zero-order valence-electron chi connectivity index (χ0n) is 7.48. The number of carbonyl (C=O) groups is 1. The maximum Gasteiger partial charge on any atom is 0.348 e. The standard InChI is InChI=1S/C10H6FNO2S/c11-7-3-1-2-6(4-7)8-9(10(13)14)15-5-12-8/h1-5H,(H,13,14). The third kappa shape index (κ3) is 1.87. The van der Waals surface area contributed by atoms with Crippen LogP contribution in [0.1, 0.15) is 9.67 Å². The third-order valence-corrected chi connectivity index (χ3v) is 2.67. The number of aromatic nitrogens is 1. The number of carboxylic acids is 1. The normalized spacial score (nSPS) is 10.2. The van der Waals surface area contributed by atoms with E-state index in [0.717, 1.165) is 11.3 Å². The molecule has 1 heterocycles. The second kappa shape index (κ2) is 3.78. The van der Waals surface area contributed by atoms with Gasteiger partial charge in [-0.2, -0.15) is 0 Å². The van der Waals surface area contributed by atoms with Crippen molar-refractivity contribution < 1.29 is 14.3 Å². The van der Waals surface area contributed by atoms with E-state index in [1.165, 1.54) is 23.7 Å². The Balaban J connectivity index is 2.54. The number of benzene rings is 1. The molecule has 0 aliphatic rings. The fraction of sp³-hybridized carbons (Fsp3) is 0. The summed E-state index contributed by atoms with van der Waals surface area (Å²) < 4.78 is 12.9. The Morgan fingerprint density at radius 3 is 2.93 bits per heavy atom. The number of hydrogen-bond acceptors (Lipinski definition) is 3. The van der Waals surface area contributed by atoms with Crippen LogP contribution in [0.4, 0.5) is 4.39 Å². The number of thiazole rings is 1. The van der Waals surface area contributed by atoms with Gasteiger partial charge in [-0.05, 0) is 12.1 Å². The van der Waals surface area contributed by atoms with Crippen molar-refractivity contribution in [2.45, 2.75) is 0 Å². The lowest BCUT2D eigenvalue weighted by Gasteiger charge is -1.98. The van der Waals surface area contributed by atoms with Gasteiger partial charge in [-0.25, -0.2) is 14.2 Å². The molecule has 1 aromatic carbocycles. The molecule has 0 radical (unpaired) electrons. The first kappa shape index (κ1) is 9.79. The van der Waals surface area contributed by atoms with Crippen LogP contribution in [0.15, 0.2) is 29.8 Å². The minimum Gasteiger partial charge on any atom is -0.477 e. The van der Waals surface area contributed by atoms with E-state index in [9.17, 15) is 9.18 Å². The fourth-order valence-corrected chi connectivity index (χ4v) is 1.89. The van der Waals surface area contributed by atoms with Gasteiger partial charge >= 0.3 is 5.97 Å². The molecule has 0 amide bonds. The predicted molar refractivity (Wildman–Crippen MR) is 54.5 cm³/mol. The van der Waals surface area contributed by atoms with Gasteiger partial charge in [0.15, 0.2) is 0 Å². The van der Waals surface area contributed by atoms with Crippen LogP contribution in [-0.4, -0.2) is 16.1 Å². The summed E-state index contributed by atoms with van der Waals surface area (Å²) in [5.74, 6) is -1.45. The van der Waals surface area contributed by atoms with Crippen molar-refractivity contribution in [1.29, 1.82) is 0 Å². The van der Waals surface area contributed by atoms with Crippen molar-refractivity contribution in [2.24, 2.45) is 0 Å². The molecular formula is C10H6FNO2S. The number of carboxylic acid groups (broad SMARTS) is 1. The molecule has 0 saturated heterocycles. The lowest BCUT2D eigenvalue weighted by Crippen LogP contribution is -1.95. The van der Waals surface area contributed by atoms with E-state index in [-0.39, 0.29) is 4.88 Å². The van der Waals surface area contributed by atoms with Gasteiger partial charge in [-0.3, -0.25) is 0 Å². The Kier molecular flexibility index (Phi) is 2.47. The van der Waals surface area contributed by atoms with E-state index in [1.54, 1.807) is 6.07 Å². The average molecular weight is 223 g/mol. The van der Waals surface area contributed by atoms with Crippen LogP contribution in [0.5, 0.6) is 0 Å². The molecular weight excluding hydrogens is 217 g/mol. The lowest BCUT2D eigenvalue weighted by atomic mass is 10.1. The fourth-order valence-electron chi connectivity index (χ4n) is 1.24. The van der Waals surface area contributed by atoms with Crippen molar-refractivity contribution in [3.8, 4) is 11.3 Å². The Morgan fingerprint density at radius 2 is 2.27 bits per heavy atom. The highest BCUT2D eigenvalue weighted by Gasteiger charge is 2.14. The summed E-state index contributed by atoms with van der Waals surface area (Å²) >= 11 is 1.03. The van der Waals surface area contributed by atoms with Crippen LogP contribution < -0.4 is 0 Å². The molecule has 1 aromatic heterocycles. The number of aromatic carboxylic acids is 1. The molecule has 0 atom stereocenters. The molecule has 15 heavy (non-hydrogen) atoms. The number of halogens is 1. The van der Waals surface area contributed by atoms with E-state index in [0.29, 0.717) is 11.3 Å². The third-order valence-electron chi connectivity index (χ3n) is 1.86. The maximum atomic E-state index is 12.9. The molecule has 76 valence electrons. The molecule has 1 N–H and O–H groups in total. The molecule has 0 aliphatic heterocycles. The van der Waals surface area contributed by atoms with Crippen molar-refractivity contribution in [1.82, 2.24) is 4.98 Å². The zero-order valence-corrected chi connectivity index (χ0v) is 8.29. The van der Waals surface area contributed by atoms with Crippen molar-refractivity contribution >= 4 is 17.3 Å². The summed E-state index contributed by atoms with van der Waals surface area (Å²) in [6, 6.07) is 5.72. The van der Waals surface area contributed by atoms with Crippen molar-refractivity contribution in [3.05, 3.63) is 40.5 Å². The molecule has 3 nitrogen and oxygen atoms in total. The van der Waals surface area contributed by atoms with Gasteiger partial charge in [0.2, 0.25) is 0 Å². The second-order valence-electron chi connectivity index (χ2n) is 2.85. The topological polar surface area (TPSA) is 50.2 Å². The van der Waals surface area contributed by atoms with Gasteiger partial charge in [-0.1, -0.05) is 12.1 Å². The molecule has 0 unspecified atom stereocenters. The Morgan fingerprint density at radius 1 is 1.47 bits per heavy atom. The Hall–Kier alpha value is -1.75. The molecule has 0 bridgehead atoms. The summed E-state index contributed by atoms with van der Waals surface area (Å²) in [5, 5.41) is 8.86. The van der Waals surface area contributed by atoms with Gasteiger partial charge in [0.1, 0.15) is 10.7 Å². The molecule has 0 aliphatic carbocycles. The van der Waals surface area contributed by atoms with Crippen LogP contribution in [0.3, 0.4) is 0 Å². The summed E-state index contributed by atoms with van der Waals surface area (Å²) in [4.78, 5) is 14.9. The maximum absolute atomic E-state index is 12.9. The van der Waals surface area contributed by atoms with Crippen molar-refractivity contribution in [2.75, 3.05) is 0 Å². The first-order valence-corrected chi connectivity index (χ1v) is 4.99. The summed E-state index contributed by atoms with van der Waals surface area (Å²) in [7, 11) is 0. The van der Waals surface area contributed by atoms with Crippen LogP contribution in [0, 0.1) is 5.82 Å². The minimum atomic E-state index is -1.04. The average Bonchev–Trinajstić information content (AvgIpc) is 2.65. The van der Waals surface area contributed by atoms with Crippen LogP contribution >= 0.6 is 11.3 Å². The second-order valence-corrected chi connectivity index (χ2v) is 3.70. The Labute approximate surface area is 88.8 Å². The summed E-state index contributed by atoms with van der Waals surface area (Å²) in [5.41, 5.74) is 2.23. The zero-order chi connectivity index (χ0) is 10.8. The van der Waals surface area contributed by atoms with Crippen LogP contribution in [0.2, 0.25) is 0 Å². The van der Waals surface area contributed by atoms with E-state index >= 15 is 0 Å². The molecule has 5 heteroatoms. The lowest BCUT2D eigenvalue weighted by molar-refractivity contribution is 0.0702. The van der Waals surface area contributed by atoms with Gasteiger partial charge < -0.3 is 5.11 Å². The largest absolute Gasteiger partial charge is 0.477 e. The van der Waals surface area contributed by atoms with E-state index in [2.05, 4.69) is 4.98 Å². The number of rotatable bonds is 2. The molecule has 0 spiro atoms. The monoisotopic (exact) mass is 223 g/mol. The van der Waals surface area contributed by atoms with Crippen molar-refractivity contribution in [3.63, 3.8) is 0 Å². The molecule has 2 aromatic rings. The van der Waals surface area contributed by atoms with Crippen LogP contribution in [0.25, 0.3) is 11.3 Å². The van der Waals surface area contributed by atoms with Gasteiger partial charge in [0, 0.05) is 5.56 Å². The SMILES string of the molecule is O=C(O)c1scnc1-c1cccc(F)c1. The van der Waals surface area contributed by atoms with Gasteiger partial charge in [0.25, 0.3) is 0 Å². The first-order valence-electron chi connectivity index (χ1n) is 4.11. The molecule has 0 saturated carbocycles. The van der Waals surface area contributed by atoms with E-state index in [4.69, 9.17) is 5.11 Å². The van der Waals surface area contributed by atoms with Gasteiger partial charge in [0.05, 0.1) is 11.2 Å². The Bertz CT molecular complexity index is 510. The highest BCUT2D eigenvalue weighted by Crippen LogP contribution is 2.25. The van der Waals surface area contributed by atoms with Gasteiger partial charge in [-0.15, -0.1) is 11.3 Å². The quantitative estimate of drug-likeness (QED) is 0.851. The van der Waals surface area contributed by atoms with E-state index in [1.807, 2.05) is 0 Å². The number of nitrogens with zero attached hydrogens (tertiary/aromatic N) is 1. The highest BCUT2D eigenvalue weighted by atomic mass is 32.1. The molecule has 2 rings (SSSR count). The van der Waals surface area contributed by atoms with E-state index < -0.39 is 11.8 Å². The first-order chi connectivity index (χ1) is 7.18. The van der Waals surface area contributed by atoms with Crippen LogP contribution in [-0.2, 0) is 0 Å². The molecule has 0 fully saturated rings. The predicted octanol–water partition coefficient (Wildman–Crippen LogP) is 2.65. The summed E-state index contributed by atoms with van der Waals surface area (Å²) in [6.07, 6.45) is 0.